The number of nitrogens with one attached hydrogen (secondary N) is 1. The van der Waals surface area contributed by atoms with Crippen LogP contribution in [0.4, 0.5) is 0 Å². The van der Waals surface area contributed by atoms with Gasteiger partial charge in [-0.25, -0.2) is 0 Å². The van der Waals surface area contributed by atoms with Gasteiger partial charge in [-0.2, -0.15) is 0 Å². The smallest absolute Gasteiger partial charge is 0.0582 e. The third-order valence-corrected chi connectivity index (χ3v) is 3.21. The lowest BCUT2D eigenvalue weighted by atomic mass is 9.82. The van der Waals surface area contributed by atoms with E-state index in [1.165, 1.54) is 32.1 Å². The largest absolute Gasteiger partial charge is 0.395 e. The first kappa shape index (κ1) is 11.0. The van der Waals surface area contributed by atoms with Gasteiger partial charge in [-0.15, -0.1) is 0 Å². The summed E-state index contributed by atoms with van der Waals surface area (Å²) in [6.07, 6.45) is 6.68. The molecule has 1 aliphatic carbocycles. The van der Waals surface area contributed by atoms with E-state index in [2.05, 4.69) is 19.2 Å². The SMILES string of the molecule is CCC1CCCCC1N[C@@H](C)CO. The van der Waals surface area contributed by atoms with E-state index in [-0.39, 0.29) is 12.6 Å². The summed E-state index contributed by atoms with van der Waals surface area (Å²) < 4.78 is 0. The Morgan fingerprint density at radius 2 is 2.08 bits per heavy atom. The first-order valence-corrected chi connectivity index (χ1v) is 5.64. The molecule has 0 aromatic heterocycles. The van der Waals surface area contributed by atoms with Gasteiger partial charge in [-0.1, -0.05) is 26.2 Å². The maximum atomic E-state index is 8.96. The second kappa shape index (κ2) is 5.61. The van der Waals surface area contributed by atoms with Crippen molar-refractivity contribution in [2.24, 2.45) is 5.92 Å². The highest BCUT2D eigenvalue weighted by molar-refractivity contribution is 4.81. The quantitative estimate of drug-likeness (QED) is 0.701. The second-order valence-electron chi connectivity index (χ2n) is 4.31. The van der Waals surface area contributed by atoms with E-state index in [1.54, 1.807) is 0 Å². The molecule has 0 bridgehead atoms. The Kier molecular flexibility index (Phi) is 4.74. The first-order chi connectivity index (χ1) is 6.27. The van der Waals surface area contributed by atoms with Gasteiger partial charge in [0.1, 0.15) is 0 Å². The molecule has 1 aliphatic rings. The minimum absolute atomic E-state index is 0.257. The average Bonchev–Trinajstić information content (AvgIpc) is 2.18. The summed E-state index contributed by atoms with van der Waals surface area (Å²) in [4.78, 5) is 0. The lowest BCUT2D eigenvalue weighted by Gasteiger charge is -2.33. The fraction of sp³-hybridized carbons (Fsp3) is 1.00. The Morgan fingerprint density at radius 3 is 2.69 bits per heavy atom. The molecular formula is C11H23NO. The van der Waals surface area contributed by atoms with Crippen molar-refractivity contribution in [1.29, 1.82) is 0 Å². The highest BCUT2D eigenvalue weighted by Gasteiger charge is 2.24. The van der Waals surface area contributed by atoms with Gasteiger partial charge in [-0.3, -0.25) is 0 Å². The van der Waals surface area contributed by atoms with Crippen LogP contribution in [0.15, 0.2) is 0 Å². The van der Waals surface area contributed by atoms with Crippen molar-refractivity contribution in [3.63, 3.8) is 0 Å². The third kappa shape index (κ3) is 3.28. The van der Waals surface area contributed by atoms with E-state index in [0.29, 0.717) is 6.04 Å². The van der Waals surface area contributed by atoms with Gasteiger partial charge in [-0.05, 0) is 25.7 Å². The minimum atomic E-state index is 0.257. The molecule has 0 spiro atoms. The number of hydrogen-bond acceptors (Lipinski definition) is 2. The number of aliphatic hydroxyl groups is 1. The molecule has 1 saturated carbocycles. The Morgan fingerprint density at radius 1 is 1.38 bits per heavy atom. The van der Waals surface area contributed by atoms with Gasteiger partial charge in [0.25, 0.3) is 0 Å². The van der Waals surface area contributed by atoms with E-state index in [4.69, 9.17) is 5.11 Å². The molecule has 0 saturated heterocycles. The molecule has 0 aromatic rings. The first-order valence-electron chi connectivity index (χ1n) is 5.64. The predicted molar refractivity (Wildman–Crippen MR) is 55.7 cm³/mol. The van der Waals surface area contributed by atoms with Crippen LogP contribution >= 0.6 is 0 Å². The molecule has 0 radical (unpaired) electrons. The molecule has 3 atom stereocenters. The molecule has 2 unspecified atom stereocenters. The van der Waals surface area contributed by atoms with Crippen LogP contribution in [0.3, 0.4) is 0 Å². The third-order valence-electron chi connectivity index (χ3n) is 3.21. The molecule has 1 fully saturated rings. The normalized spacial score (nSPS) is 31.6. The van der Waals surface area contributed by atoms with Crippen LogP contribution in [0.1, 0.15) is 46.0 Å². The van der Waals surface area contributed by atoms with Gasteiger partial charge < -0.3 is 10.4 Å². The van der Waals surface area contributed by atoms with Crippen molar-refractivity contribution in [2.75, 3.05) is 6.61 Å². The molecule has 78 valence electrons. The molecule has 0 amide bonds. The van der Waals surface area contributed by atoms with Gasteiger partial charge in [0.15, 0.2) is 0 Å². The highest BCUT2D eigenvalue weighted by atomic mass is 16.3. The van der Waals surface area contributed by atoms with Crippen LogP contribution in [0.2, 0.25) is 0 Å². The van der Waals surface area contributed by atoms with Crippen LogP contribution < -0.4 is 5.32 Å². The maximum Gasteiger partial charge on any atom is 0.0582 e. The Balaban J connectivity index is 2.35. The molecule has 0 aliphatic heterocycles. The summed E-state index contributed by atoms with van der Waals surface area (Å²) >= 11 is 0. The van der Waals surface area contributed by atoms with E-state index in [9.17, 15) is 0 Å². The van der Waals surface area contributed by atoms with Crippen LogP contribution in [0, 0.1) is 5.92 Å². The van der Waals surface area contributed by atoms with Crippen molar-refractivity contribution in [3.05, 3.63) is 0 Å². The predicted octanol–water partition coefficient (Wildman–Crippen LogP) is 1.93. The zero-order chi connectivity index (χ0) is 9.68. The summed E-state index contributed by atoms with van der Waals surface area (Å²) in [6.45, 7) is 4.59. The molecule has 2 nitrogen and oxygen atoms in total. The van der Waals surface area contributed by atoms with E-state index >= 15 is 0 Å². The number of rotatable bonds is 4. The van der Waals surface area contributed by atoms with Gasteiger partial charge >= 0.3 is 0 Å². The van der Waals surface area contributed by atoms with Crippen LogP contribution in [0.5, 0.6) is 0 Å². The van der Waals surface area contributed by atoms with Crippen molar-refractivity contribution in [3.8, 4) is 0 Å². The Hall–Kier alpha value is -0.0800. The molecule has 13 heavy (non-hydrogen) atoms. The molecule has 0 heterocycles. The number of hydrogen-bond donors (Lipinski definition) is 2. The zero-order valence-corrected chi connectivity index (χ0v) is 8.92. The fourth-order valence-corrected chi connectivity index (χ4v) is 2.33. The van der Waals surface area contributed by atoms with Crippen LogP contribution in [-0.2, 0) is 0 Å². The molecular weight excluding hydrogens is 162 g/mol. The topological polar surface area (TPSA) is 32.3 Å². The van der Waals surface area contributed by atoms with Crippen molar-refractivity contribution >= 4 is 0 Å². The summed E-state index contributed by atoms with van der Waals surface area (Å²) in [7, 11) is 0. The van der Waals surface area contributed by atoms with Gasteiger partial charge in [0, 0.05) is 12.1 Å². The van der Waals surface area contributed by atoms with Crippen LogP contribution in [0.25, 0.3) is 0 Å². The monoisotopic (exact) mass is 185 g/mol. The maximum absolute atomic E-state index is 8.96. The van der Waals surface area contributed by atoms with Crippen LogP contribution in [-0.4, -0.2) is 23.8 Å². The summed E-state index contributed by atoms with van der Waals surface area (Å²) in [5, 5.41) is 12.5. The Labute approximate surface area is 81.7 Å². The lowest BCUT2D eigenvalue weighted by Crippen LogP contribution is -2.44. The summed E-state index contributed by atoms with van der Waals surface area (Å²) in [6, 6.07) is 0.915. The average molecular weight is 185 g/mol. The van der Waals surface area contributed by atoms with Crippen molar-refractivity contribution < 1.29 is 5.11 Å². The molecule has 2 N–H and O–H groups in total. The van der Waals surface area contributed by atoms with Gasteiger partial charge in [0.2, 0.25) is 0 Å². The summed E-state index contributed by atoms with van der Waals surface area (Å²) in [5.41, 5.74) is 0. The zero-order valence-electron chi connectivity index (χ0n) is 8.92. The van der Waals surface area contributed by atoms with Gasteiger partial charge in [0.05, 0.1) is 6.61 Å². The summed E-state index contributed by atoms with van der Waals surface area (Å²) in [5.74, 6) is 0.836. The molecule has 1 rings (SSSR count). The molecule has 0 aromatic carbocycles. The standard InChI is InChI=1S/C11H23NO/c1-3-10-6-4-5-7-11(10)12-9(2)8-13/h9-13H,3-8H2,1-2H3/t9-,10?,11?/m0/s1. The lowest BCUT2D eigenvalue weighted by molar-refractivity contribution is 0.194. The highest BCUT2D eigenvalue weighted by Crippen LogP contribution is 2.26. The van der Waals surface area contributed by atoms with E-state index < -0.39 is 0 Å². The fourth-order valence-electron chi connectivity index (χ4n) is 2.33. The van der Waals surface area contributed by atoms with E-state index in [1.807, 2.05) is 0 Å². The second-order valence-corrected chi connectivity index (χ2v) is 4.31. The number of aliphatic hydroxyl groups excluding tert-OH is 1. The van der Waals surface area contributed by atoms with Crippen molar-refractivity contribution in [1.82, 2.24) is 5.32 Å². The van der Waals surface area contributed by atoms with E-state index in [0.717, 1.165) is 5.92 Å². The Bertz CT molecular complexity index is 138. The minimum Gasteiger partial charge on any atom is -0.395 e. The van der Waals surface area contributed by atoms with Crippen molar-refractivity contribution in [2.45, 2.75) is 58.0 Å². The molecule has 2 heteroatoms.